The fourth-order valence-corrected chi connectivity index (χ4v) is 2.37. The van der Waals surface area contributed by atoms with Crippen molar-refractivity contribution >= 4 is 33.7 Å². The maximum Gasteiger partial charge on any atom is 0.255 e. The Labute approximate surface area is 125 Å². The summed E-state index contributed by atoms with van der Waals surface area (Å²) in [4.78, 5) is 37.1. The molecule has 1 aliphatic rings. The van der Waals surface area contributed by atoms with E-state index in [4.69, 9.17) is 0 Å². The van der Waals surface area contributed by atoms with E-state index in [1.807, 2.05) is 12.1 Å². The van der Waals surface area contributed by atoms with Crippen LogP contribution in [-0.2, 0) is 14.9 Å². The zero-order chi connectivity index (χ0) is 14.9. The van der Waals surface area contributed by atoms with E-state index < -0.39 is 17.4 Å². The van der Waals surface area contributed by atoms with Crippen LogP contribution in [0.15, 0.2) is 24.3 Å². The highest BCUT2D eigenvalue weighted by molar-refractivity contribution is 9.08. The number of hydrogen-bond donors (Lipinski definition) is 1. The standard InChI is InChI=1S/C14H15BrN2O3/c1-14(2)13(20)16-11(18)8-17(14)12(19)10-5-3-9(7-15)4-6-10/h3-6H,7-8H2,1-2H3,(H,16,18,20). The van der Waals surface area contributed by atoms with Gasteiger partial charge in [0.15, 0.2) is 0 Å². The molecule has 0 saturated carbocycles. The molecule has 0 unspecified atom stereocenters. The predicted molar refractivity (Wildman–Crippen MR) is 77.3 cm³/mol. The van der Waals surface area contributed by atoms with Gasteiger partial charge in [0.1, 0.15) is 12.1 Å². The van der Waals surface area contributed by atoms with Crippen molar-refractivity contribution in [1.82, 2.24) is 10.2 Å². The lowest BCUT2D eigenvalue weighted by molar-refractivity contribution is -0.143. The van der Waals surface area contributed by atoms with Gasteiger partial charge in [-0.05, 0) is 31.5 Å². The summed E-state index contributed by atoms with van der Waals surface area (Å²) in [5, 5.41) is 2.95. The van der Waals surface area contributed by atoms with Crippen molar-refractivity contribution in [3.63, 3.8) is 0 Å². The number of nitrogens with one attached hydrogen (secondary N) is 1. The quantitative estimate of drug-likeness (QED) is 0.655. The summed E-state index contributed by atoms with van der Waals surface area (Å²) in [5.74, 6) is -1.24. The highest BCUT2D eigenvalue weighted by Crippen LogP contribution is 2.21. The van der Waals surface area contributed by atoms with Crippen LogP contribution in [0.4, 0.5) is 0 Å². The molecular weight excluding hydrogens is 324 g/mol. The zero-order valence-corrected chi connectivity index (χ0v) is 12.9. The third kappa shape index (κ3) is 2.60. The fraction of sp³-hybridized carbons (Fsp3) is 0.357. The van der Waals surface area contributed by atoms with Crippen LogP contribution >= 0.6 is 15.9 Å². The van der Waals surface area contributed by atoms with E-state index in [2.05, 4.69) is 21.2 Å². The van der Waals surface area contributed by atoms with Crippen molar-refractivity contribution in [2.45, 2.75) is 24.7 Å². The summed E-state index contributed by atoms with van der Waals surface area (Å²) < 4.78 is 0. The number of carbonyl (C=O) groups excluding carboxylic acids is 3. The lowest BCUT2D eigenvalue weighted by Crippen LogP contribution is -2.65. The SMILES string of the molecule is CC1(C)C(=O)NC(=O)CN1C(=O)c1ccc(CBr)cc1. The molecule has 1 heterocycles. The number of imide groups is 1. The lowest BCUT2D eigenvalue weighted by atomic mass is 9.97. The molecule has 1 saturated heterocycles. The van der Waals surface area contributed by atoms with Gasteiger partial charge >= 0.3 is 0 Å². The third-order valence-corrected chi connectivity index (χ3v) is 4.03. The maximum atomic E-state index is 12.5. The van der Waals surface area contributed by atoms with Crippen molar-refractivity contribution in [2.75, 3.05) is 6.54 Å². The number of rotatable bonds is 2. The first-order chi connectivity index (χ1) is 9.36. The van der Waals surface area contributed by atoms with E-state index in [0.717, 1.165) is 5.56 Å². The van der Waals surface area contributed by atoms with E-state index in [1.165, 1.54) is 4.90 Å². The Bertz CT molecular complexity index is 566. The Hall–Kier alpha value is -1.69. The van der Waals surface area contributed by atoms with Gasteiger partial charge in [0.2, 0.25) is 5.91 Å². The van der Waals surface area contributed by atoms with Gasteiger partial charge in [-0.2, -0.15) is 0 Å². The van der Waals surface area contributed by atoms with Gasteiger partial charge < -0.3 is 4.90 Å². The van der Waals surface area contributed by atoms with Crippen molar-refractivity contribution in [3.8, 4) is 0 Å². The molecule has 0 bridgehead atoms. The van der Waals surface area contributed by atoms with Crippen LogP contribution in [0.5, 0.6) is 0 Å². The van der Waals surface area contributed by atoms with Crippen LogP contribution in [0.1, 0.15) is 29.8 Å². The maximum absolute atomic E-state index is 12.5. The van der Waals surface area contributed by atoms with Crippen LogP contribution < -0.4 is 5.32 Å². The molecule has 2 rings (SSSR count). The molecule has 1 aliphatic heterocycles. The Morgan fingerprint density at radius 1 is 1.30 bits per heavy atom. The molecular formula is C14H15BrN2O3. The molecule has 5 nitrogen and oxygen atoms in total. The highest BCUT2D eigenvalue weighted by Gasteiger charge is 2.43. The number of benzene rings is 1. The van der Waals surface area contributed by atoms with Gasteiger partial charge in [0.25, 0.3) is 11.8 Å². The highest BCUT2D eigenvalue weighted by atomic mass is 79.9. The lowest BCUT2D eigenvalue weighted by Gasteiger charge is -2.40. The van der Waals surface area contributed by atoms with Crippen molar-refractivity contribution in [1.29, 1.82) is 0 Å². The first-order valence-electron chi connectivity index (χ1n) is 6.17. The van der Waals surface area contributed by atoms with E-state index in [9.17, 15) is 14.4 Å². The van der Waals surface area contributed by atoms with Gasteiger partial charge in [-0.25, -0.2) is 0 Å². The Morgan fingerprint density at radius 3 is 2.45 bits per heavy atom. The minimum Gasteiger partial charge on any atom is -0.315 e. The molecule has 0 atom stereocenters. The molecule has 0 spiro atoms. The molecule has 1 N–H and O–H groups in total. The minimum absolute atomic E-state index is 0.113. The summed E-state index contributed by atoms with van der Waals surface area (Å²) in [7, 11) is 0. The monoisotopic (exact) mass is 338 g/mol. The molecule has 0 aliphatic carbocycles. The second-order valence-electron chi connectivity index (χ2n) is 5.16. The molecule has 1 aromatic rings. The first-order valence-corrected chi connectivity index (χ1v) is 7.29. The third-order valence-electron chi connectivity index (χ3n) is 3.39. The summed E-state index contributed by atoms with van der Waals surface area (Å²) in [6.07, 6.45) is 0. The molecule has 1 aromatic carbocycles. The van der Waals surface area contributed by atoms with Crippen LogP contribution in [0.2, 0.25) is 0 Å². The molecule has 3 amide bonds. The average Bonchev–Trinajstić information content (AvgIpc) is 2.42. The normalized spacial score (nSPS) is 17.9. The number of alkyl halides is 1. The zero-order valence-electron chi connectivity index (χ0n) is 11.3. The van der Waals surface area contributed by atoms with Crippen molar-refractivity contribution < 1.29 is 14.4 Å². The van der Waals surface area contributed by atoms with Gasteiger partial charge in [-0.1, -0.05) is 28.1 Å². The second-order valence-corrected chi connectivity index (χ2v) is 5.72. The minimum atomic E-state index is -1.04. The molecule has 106 valence electrons. The molecule has 1 fully saturated rings. The van der Waals surface area contributed by atoms with Crippen LogP contribution in [-0.4, -0.2) is 34.7 Å². The van der Waals surface area contributed by atoms with Crippen molar-refractivity contribution in [3.05, 3.63) is 35.4 Å². The Balaban J connectivity index is 2.30. The molecule has 6 heteroatoms. The fourth-order valence-electron chi connectivity index (χ4n) is 2.00. The van der Waals surface area contributed by atoms with E-state index in [-0.39, 0.29) is 12.5 Å². The van der Waals surface area contributed by atoms with Gasteiger partial charge in [-0.3, -0.25) is 19.7 Å². The number of piperazine rings is 1. The summed E-state index contributed by atoms with van der Waals surface area (Å²) in [5.41, 5.74) is 0.470. The van der Waals surface area contributed by atoms with Gasteiger partial charge in [0, 0.05) is 10.9 Å². The molecule has 0 radical (unpaired) electrons. The van der Waals surface area contributed by atoms with E-state index in [0.29, 0.717) is 10.9 Å². The van der Waals surface area contributed by atoms with Crippen LogP contribution in [0.3, 0.4) is 0 Å². The average molecular weight is 339 g/mol. The predicted octanol–water partition coefficient (Wildman–Crippen LogP) is 1.46. The Kier molecular flexibility index (Phi) is 3.94. The van der Waals surface area contributed by atoms with Gasteiger partial charge in [0.05, 0.1) is 0 Å². The first kappa shape index (κ1) is 14.7. The van der Waals surface area contributed by atoms with E-state index in [1.54, 1.807) is 26.0 Å². The summed E-state index contributed by atoms with van der Waals surface area (Å²) in [6, 6.07) is 7.07. The topological polar surface area (TPSA) is 66.5 Å². The summed E-state index contributed by atoms with van der Waals surface area (Å²) >= 11 is 3.34. The smallest absolute Gasteiger partial charge is 0.255 e. The summed E-state index contributed by atoms with van der Waals surface area (Å²) in [6.45, 7) is 3.14. The van der Waals surface area contributed by atoms with Crippen LogP contribution in [0, 0.1) is 0 Å². The Morgan fingerprint density at radius 2 is 1.90 bits per heavy atom. The number of halogens is 1. The van der Waals surface area contributed by atoms with Crippen LogP contribution in [0.25, 0.3) is 0 Å². The van der Waals surface area contributed by atoms with Gasteiger partial charge in [-0.15, -0.1) is 0 Å². The number of carbonyl (C=O) groups is 3. The second kappa shape index (κ2) is 5.36. The van der Waals surface area contributed by atoms with Crippen molar-refractivity contribution in [2.24, 2.45) is 0 Å². The molecule has 20 heavy (non-hydrogen) atoms. The largest absolute Gasteiger partial charge is 0.315 e. The molecule has 0 aromatic heterocycles. The number of hydrogen-bond acceptors (Lipinski definition) is 3. The number of amides is 3. The van der Waals surface area contributed by atoms with E-state index >= 15 is 0 Å². The number of nitrogens with zero attached hydrogens (tertiary/aromatic N) is 1.